The molecule has 2 rings (SSSR count). The topological polar surface area (TPSA) is 47.9 Å². The molecule has 2 aromatic carbocycles. The fourth-order valence-corrected chi connectivity index (χ4v) is 1.88. The fourth-order valence-electron chi connectivity index (χ4n) is 1.88. The van der Waals surface area contributed by atoms with Crippen LogP contribution in [0.25, 0.3) is 0 Å². The second-order valence-corrected chi connectivity index (χ2v) is 4.13. The Morgan fingerprint density at radius 3 is 2.60 bits per heavy atom. The molecule has 20 heavy (non-hydrogen) atoms. The Labute approximate surface area is 117 Å². The van der Waals surface area contributed by atoms with Crippen molar-refractivity contribution in [2.45, 2.75) is 13.2 Å². The van der Waals surface area contributed by atoms with Crippen LogP contribution in [0.2, 0.25) is 0 Å². The van der Waals surface area contributed by atoms with Crippen molar-refractivity contribution < 1.29 is 14.3 Å². The van der Waals surface area contributed by atoms with Crippen LogP contribution in [0.15, 0.2) is 53.5 Å². The Hall–Kier alpha value is -2.58. The van der Waals surface area contributed by atoms with Crippen molar-refractivity contribution in [1.29, 1.82) is 0 Å². The van der Waals surface area contributed by atoms with Crippen molar-refractivity contribution in [2.24, 2.45) is 4.99 Å². The van der Waals surface area contributed by atoms with Crippen LogP contribution in [0.1, 0.15) is 11.1 Å². The lowest BCUT2D eigenvalue weighted by Gasteiger charge is -2.13. The average Bonchev–Trinajstić information content (AvgIpc) is 2.51. The van der Waals surface area contributed by atoms with Gasteiger partial charge in [-0.05, 0) is 11.6 Å². The maximum Gasteiger partial charge on any atom is 0.235 e. The zero-order valence-corrected chi connectivity index (χ0v) is 11.2. The van der Waals surface area contributed by atoms with E-state index in [1.165, 1.54) is 6.08 Å². The molecule has 0 unspecified atom stereocenters. The predicted molar refractivity (Wildman–Crippen MR) is 75.6 cm³/mol. The highest BCUT2D eigenvalue weighted by Crippen LogP contribution is 2.32. The molecule has 4 heteroatoms. The fraction of sp³-hybridized carbons (Fsp3) is 0.188. The number of para-hydroxylation sites is 1. The quantitative estimate of drug-likeness (QED) is 0.598. The second kappa shape index (κ2) is 7.12. The number of isocyanates is 1. The van der Waals surface area contributed by atoms with Crippen LogP contribution in [-0.4, -0.2) is 13.2 Å². The van der Waals surface area contributed by atoms with Gasteiger partial charge in [0, 0.05) is 5.56 Å². The number of ether oxygens (including phenoxy) is 2. The second-order valence-electron chi connectivity index (χ2n) is 4.13. The highest BCUT2D eigenvalue weighted by Gasteiger charge is 2.09. The first-order valence-corrected chi connectivity index (χ1v) is 6.21. The highest BCUT2D eigenvalue weighted by molar-refractivity contribution is 5.47. The van der Waals surface area contributed by atoms with Gasteiger partial charge in [0.1, 0.15) is 6.61 Å². The normalized spacial score (nSPS) is 9.65. The van der Waals surface area contributed by atoms with Gasteiger partial charge in [-0.3, -0.25) is 0 Å². The Bertz CT molecular complexity index is 604. The number of benzene rings is 2. The molecule has 0 fully saturated rings. The van der Waals surface area contributed by atoms with E-state index in [4.69, 9.17) is 9.47 Å². The Morgan fingerprint density at radius 1 is 1.10 bits per heavy atom. The Morgan fingerprint density at radius 2 is 1.90 bits per heavy atom. The van der Waals surface area contributed by atoms with E-state index in [0.717, 1.165) is 11.1 Å². The third-order valence-corrected chi connectivity index (χ3v) is 2.82. The summed E-state index contributed by atoms with van der Waals surface area (Å²) in [6, 6.07) is 15.4. The summed E-state index contributed by atoms with van der Waals surface area (Å²) in [4.78, 5) is 13.8. The first-order chi connectivity index (χ1) is 9.85. The summed E-state index contributed by atoms with van der Waals surface area (Å²) < 4.78 is 11.1. The maximum atomic E-state index is 10.2. The smallest absolute Gasteiger partial charge is 0.235 e. The van der Waals surface area contributed by atoms with Crippen molar-refractivity contribution in [3.05, 3.63) is 59.7 Å². The van der Waals surface area contributed by atoms with E-state index in [2.05, 4.69) is 4.99 Å². The number of hydrogen-bond acceptors (Lipinski definition) is 4. The summed E-state index contributed by atoms with van der Waals surface area (Å²) in [7, 11) is 1.57. The van der Waals surface area contributed by atoms with Crippen LogP contribution < -0.4 is 9.47 Å². The van der Waals surface area contributed by atoms with Gasteiger partial charge < -0.3 is 9.47 Å². The highest BCUT2D eigenvalue weighted by atomic mass is 16.5. The van der Waals surface area contributed by atoms with Crippen molar-refractivity contribution >= 4 is 6.08 Å². The molecule has 102 valence electrons. The van der Waals surface area contributed by atoms with Gasteiger partial charge in [0.15, 0.2) is 11.5 Å². The first-order valence-electron chi connectivity index (χ1n) is 6.21. The summed E-state index contributed by atoms with van der Waals surface area (Å²) in [6.45, 7) is 0.687. The minimum absolute atomic E-state index is 0.231. The number of carbonyl (C=O) groups excluding carboxylic acids is 1. The predicted octanol–water partition coefficient (Wildman–Crippen LogP) is 3.11. The molecular weight excluding hydrogens is 254 g/mol. The third kappa shape index (κ3) is 3.46. The molecule has 0 aliphatic rings. The summed E-state index contributed by atoms with van der Waals surface area (Å²) in [5.74, 6) is 1.23. The van der Waals surface area contributed by atoms with E-state index in [1.54, 1.807) is 7.11 Å². The Kier molecular flexibility index (Phi) is 4.93. The van der Waals surface area contributed by atoms with Crippen molar-refractivity contribution in [3.63, 3.8) is 0 Å². The number of rotatable bonds is 6. The van der Waals surface area contributed by atoms with E-state index >= 15 is 0 Å². The molecule has 0 heterocycles. The molecule has 0 aliphatic carbocycles. The lowest BCUT2D eigenvalue weighted by molar-refractivity contribution is 0.283. The molecular formula is C16H15NO3. The Balaban J connectivity index is 2.16. The van der Waals surface area contributed by atoms with E-state index in [-0.39, 0.29) is 6.54 Å². The van der Waals surface area contributed by atoms with Gasteiger partial charge in [0.05, 0.1) is 13.7 Å². The molecule has 0 bridgehead atoms. The van der Waals surface area contributed by atoms with Crippen molar-refractivity contribution in [3.8, 4) is 11.5 Å². The minimum atomic E-state index is 0.231. The molecule has 0 saturated carbocycles. The van der Waals surface area contributed by atoms with Crippen LogP contribution in [0.3, 0.4) is 0 Å². The van der Waals surface area contributed by atoms with Crippen LogP contribution in [0.4, 0.5) is 0 Å². The summed E-state index contributed by atoms with van der Waals surface area (Å²) >= 11 is 0. The van der Waals surface area contributed by atoms with E-state index in [9.17, 15) is 4.79 Å². The van der Waals surface area contributed by atoms with Gasteiger partial charge in [0.25, 0.3) is 0 Å². The molecule has 2 aromatic rings. The lowest BCUT2D eigenvalue weighted by Crippen LogP contribution is -1.99. The molecule has 0 saturated heterocycles. The molecule has 0 aliphatic heterocycles. The van der Waals surface area contributed by atoms with Crippen LogP contribution in [0, 0.1) is 0 Å². The van der Waals surface area contributed by atoms with Gasteiger partial charge in [-0.1, -0.05) is 42.5 Å². The van der Waals surface area contributed by atoms with Gasteiger partial charge in [-0.15, -0.1) is 0 Å². The van der Waals surface area contributed by atoms with Gasteiger partial charge in [-0.2, -0.15) is 0 Å². The molecule has 0 amide bonds. The van der Waals surface area contributed by atoms with E-state index in [0.29, 0.717) is 18.1 Å². The van der Waals surface area contributed by atoms with E-state index in [1.807, 2.05) is 48.5 Å². The lowest BCUT2D eigenvalue weighted by atomic mass is 10.2. The number of aliphatic imine (C=N–C) groups is 1. The van der Waals surface area contributed by atoms with Crippen LogP contribution >= 0.6 is 0 Å². The van der Waals surface area contributed by atoms with Crippen molar-refractivity contribution in [1.82, 2.24) is 0 Å². The third-order valence-electron chi connectivity index (χ3n) is 2.82. The van der Waals surface area contributed by atoms with Crippen molar-refractivity contribution in [2.75, 3.05) is 7.11 Å². The zero-order chi connectivity index (χ0) is 14.2. The molecule has 0 spiro atoms. The first kappa shape index (κ1) is 13.8. The molecule has 0 radical (unpaired) electrons. The molecule has 0 aromatic heterocycles. The van der Waals surface area contributed by atoms with E-state index < -0.39 is 0 Å². The summed E-state index contributed by atoms with van der Waals surface area (Å²) in [6.07, 6.45) is 1.52. The molecule has 0 N–H and O–H groups in total. The monoisotopic (exact) mass is 269 g/mol. The standard InChI is InChI=1S/C16H15NO3/c1-19-16-14(10-17-12-18)8-5-9-15(16)20-11-13-6-3-2-4-7-13/h2-9H,10-11H2,1H3. The largest absolute Gasteiger partial charge is 0.493 e. The van der Waals surface area contributed by atoms with Gasteiger partial charge in [0.2, 0.25) is 6.08 Å². The number of nitrogens with zero attached hydrogens (tertiary/aromatic N) is 1. The average molecular weight is 269 g/mol. The maximum absolute atomic E-state index is 10.2. The zero-order valence-electron chi connectivity index (χ0n) is 11.2. The SMILES string of the molecule is COc1c(CN=C=O)cccc1OCc1ccccc1. The van der Waals surface area contributed by atoms with Gasteiger partial charge in [-0.25, -0.2) is 9.79 Å². The van der Waals surface area contributed by atoms with Gasteiger partial charge >= 0.3 is 0 Å². The minimum Gasteiger partial charge on any atom is -0.493 e. The summed E-state index contributed by atoms with van der Waals surface area (Å²) in [5, 5.41) is 0. The molecule has 0 atom stereocenters. The van der Waals surface area contributed by atoms with Crippen LogP contribution in [0.5, 0.6) is 11.5 Å². The molecule has 4 nitrogen and oxygen atoms in total. The number of methoxy groups -OCH3 is 1. The summed E-state index contributed by atoms with van der Waals surface area (Å²) in [5.41, 5.74) is 1.87. The number of hydrogen-bond donors (Lipinski definition) is 0. The van der Waals surface area contributed by atoms with Crippen LogP contribution in [-0.2, 0) is 17.9 Å².